The highest BCUT2D eigenvalue weighted by Gasteiger charge is 2.28. The predicted molar refractivity (Wildman–Crippen MR) is 125 cm³/mol. The molecule has 0 saturated carbocycles. The van der Waals surface area contributed by atoms with Crippen molar-refractivity contribution in [3.8, 4) is 0 Å². The summed E-state index contributed by atoms with van der Waals surface area (Å²) in [6, 6.07) is 9.01. The summed E-state index contributed by atoms with van der Waals surface area (Å²) in [5.41, 5.74) is 0.626. The van der Waals surface area contributed by atoms with Crippen LogP contribution in [0.2, 0.25) is 10.0 Å². The molecule has 0 bridgehead atoms. The third kappa shape index (κ3) is 5.85. The van der Waals surface area contributed by atoms with E-state index in [1.807, 2.05) is 19.1 Å². The molecule has 1 amide bonds. The van der Waals surface area contributed by atoms with E-state index in [1.54, 1.807) is 18.2 Å². The van der Waals surface area contributed by atoms with Crippen LogP contribution in [0.25, 0.3) is 0 Å². The Morgan fingerprint density at radius 1 is 1.13 bits per heavy atom. The van der Waals surface area contributed by atoms with Crippen molar-refractivity contribution in [1.82, 2.24) is 10.2 Å². The molecule has 2 aromatic rings. The Labute approximate surface area is 192 Å². The lowest BCUT2D eigenvalue weighted by atomic mass is 9.88. The summed E-state index contributed by atoms with van der Waals surface area (Å²) < 4.78 is 0. The molecule has 1 aliphatic rings. The summed E-state index contributed by atoms with van der Waals surface area (Å²) in [5, 5.41) is 4.07. The smallest absolute Gasteiger partial charge is 0.261 e. The van der Waals surface area contributed by atoms with Gasteiger partial charge in [-0.05, 0) is 69.1 Å². The number of carbonyl (C=O) groups is 2. The molecule has 4 nitrogen and oxygen atoms in total. The van der Waals surface area contributed by atoms with Crippen LogP contribution in [0.15, 0.2) is 30.3 Å². The lowest BCUT2D eigenvalue weighted by Gasteiger charge is -2.35. The average molecular weight is 467 g/mol. The number of Topliss-reactive ketones (excluding diaryl/α,β-unsaturated/α-hetero) is 1. The molecule has 1 saturated heterocycles. The molecule has 30 heavy (non-hydrogen) atoms. The minimum Gasteiger partial charge on any atom is -0.347 e. The van der Waals surface area contributed by atoms with Gasteiger partial charge >= 0.3 is 0 Å². The van der Waals surface area contributed by atoms with Crippen molar-refractivity contribution in [3.63, 3.8) is 0 Å². The van der Waals surface area contributed by atoms with Gasteiger partial charge in [-0.2, -0.15) is 0 Å². The standard InChI is InChI=1S/C23H28Cl2N2O2S/c1-14(2)20(26-23(29)21-7-4-15(3)30-21)13-27-10-8-16(9-11-27)22(28)17-5-6-18(24)19(25)12-17/h4-7,12,14,16,20H,8-11,13H2,1-3H3,(H,26,29). The second-order valence-electron chi connectivity index (χ2n) is 8.30. The summed E-state index contributed by atoms with van der Waals surface area (Å²) in [7, 11) is 0. The van der Waals surface area contributed by atoms with Crippen molar-refractivity contribution >= 4 is 46.2 Å². The van der Waals surface area contributed by atoms with Gasteiger partial charge in [0, 0.05) is 28.9 Å². The first-order valence-corrected chi connectivity index (χ1v) is 11.9. The van der Waals surface area contributed by atoms with Gasteiger partial charge in [0.1, 0.15) is 0 Å². The van der Waals surface area contributed by atoms with Gasteiger partial charge in [-0.25, -0.2) is 0 Å². The van der Waals surface area contributed by atoms with Crippen LogP contribution >= 0.6 is 34.5 Å². The molecule has 162 valence electrons. The van der Waals surface area contributed by atoms with Crippen LogP contribution in [0.1, 0.15) is 51.6 Å². The zero-order chi connectivity index (χ0) is 21.8. The number of aryl methyl sites for hydroxylation is 1. The van der Waals surface area contributed by atoms with Crippen LogP contribution in [-0.2, 0) is 0 Å². The van der Waals surface area contributed by atoms with Gasteiger partial charge in [0.05, 0.1) is 14.9 Å². The van der Waals surface area contributed by atoms with E-state index in [0.717, 1.165) is 42.2 Å². The van der Waals surface area contributed by atoms with Crippen molar-refractivity contribution in [2.24, 2.45) is 11.8 Å². The number of hydrogen-bond donors (Lipinski definition) is 1. The van der Waals surface area contributed by atoms with E-state index >= 15 is 0 Å². The van der Waals surface area contributed by atoms with Crippen LogP contribution in [-0.4, -0.2) is 42.3 Å². The monoisotopic (exact) mass is 466 g/mol. The van der Waals surface area contributed by atoms with Crippen LogP contribution in [0, 0.1) is 18.8 Å². The number of benzene rings is 1. The van der Waals surface area contributed by atoms with E-state index in [9.17, 15) is 9.59 Å². The fourth-order valence-electron chi connectivity index (χ4n) is 3.76. The van der Waals surface area contributed by atoms with E-state index in [4.69, 9.17) is 23.2 Å². The molecule has 0 spiro atoms. The van der Waals surface area contributed by atoms with E-state index in [0.29, 0.717) is 21.5 Å². The highest BCUT2D eigenvalue weighted by atomic mass is 35.5. The number of carbonyl (C=O) groups excluding carboxylic acids is 2. The van der Waals surface area contributed by atoms with Gasteiger partial charge in [0.25, 0.3) is 5.91 Å². The number of hydrogen-bond acceptors (Lipinski definition) is 4. The van der Waals surface area contributed by atoms with Gasteiger partial charge in [-0.3, -0.25) is 9.59 Å². The van der Waals surface area contributed by atoms with Crippen LogP contribution in [0.4, 0.5) is 0 Å². The quantitative estimate of drug-likeness (QED) is 0.531. The molecule has 1 unspecified atom stereocenters. The SMILES string of the molecule is Cc1ccc(C(=O)NC(CN2CCC(C(=O)c3ccc(Cl)c(Cl)c3)CC2)C(C)C)s1. The molecule has 3 rings (SSSR count). The van der Waals surface area contributed by atoms with Crippen LogP contribution in [0.3, 0.4) is 0 Å². The van der Waals surface area contributed by atoms with Crippen molar-refractivity contribution in [2.75, 3.05) is 19.6 Å². The molecule has 1 aromatic heterocycles. The molecular formula is C23H28Cl2N2O2S. The fourth-order valence-corrected chi connectivity index (χ4v) is 4.83. The summed E-state index contributed by atoms with van der Waals surface area (Å²) in [5.74, 6) is 0.455. The lowest BCUT2D eigenvalue weighted by molar-refractivity contribution is 0.0812. The van der Waals surface area contributed by atoms with E-state index in [-0.39, 0.29) is 23.7 Å². The van der Waals surface area contributed by atoms with Crippen molar-refractivity contribution in [2.45, 2.75) is 39.7 Å². The Balaban J connectivity index is 1.54. The number of halogens is 2. The molecule has 1 aromatic carbocycles. The van der Waals surface area contributed by atoms with E-state index in [2.05, 4.69) is 24.1 Å². The Kier molecular flexibility index (Phi) is 7.97. The summed E-state index contributed by atoms with van der Waals surface area (Å²) in [4.78, 5) is 29.6. The lowest BCUT2D eigenvalue weighted by Crippen LogP contribution is -2.49. The Morgan fingerprint density at radius 2 is 1.83 bits per heavy atom. The normalized spacial score (nSPS) is 16.6. The minimum atomic E-state index is -0.00326. The molecule has 1 aliphatic heterocycles. The number of rotatable bonds is 7. The number of nitrogens with one attached hydrogen (secondary N) is 1. The Morgan fingerprint density at radius 3 is 2.40 bits per heavy atom. The second-order valence-corrected chi connectivity index (χ2v) is 10.4. The third-order valence-corrected chi connectivity index (χ3v) is 7.44. The summed E-state index contributed by atoms with van der Waals surface area (Å²) in [6.45, 7) is 8.74. The maximum atomic E-state index is 12.8. The molecular weight excluding hydrogens is 439 g/mol. The van der Waals surface area contributed by atoms with Crippen molar-refractivity contribution in [3.05, 3.63) is 55.7 Å². The largest absolute Gasteiger partial charge is 0.347 e. The molecule has 1 fully saturated rings. The van der Waals surface area contributed by atoms with Crippen LogP contribution < -0.4 is 5.32 Å². The van der Waals surface area contributed by atoms with E-state index < -0.39 is 0 Å². The second kappa shape index (κ2) is 10.3. The van der Waals surface area contributed by atoms with E-state index in [1.165, 1.54) is 11.3 Å². The Bertz CT molecular complexity index is 904. The van der Waals surface area contributed by atoms with Gasteiger partial charge in [-0.1, -0.05) is 37.0 Å². The fraction of sp³-hybridized carbons (Fsp3) is 0.478. The summed E-state index contributed by atoms with van der Waals surface area (Å²) >= 11 is 13.5. The number of amides is 1. The first kappa shape index (κ1) is 23.3. The first-order valence-electron chi connectivity index (χ1n) is 10.3. The molecule has 1 N–H and O–H groups in total. The number of piperidine rings is 1. The predicted octanol–water partition coefficient (Wildman–Crippen LogP) is 5.71. The summed E-state index contributed by atoms with van der Waals surface area (Å²) in [6.07, 6.45) is 1.61. The van der Waals surface area contributed by atoms with Crippen LogP contribution in [0.5, 0.6) is 0 Å². The highest BCUT2D eigenvalue weighted by molar-refractivity contribution is 7.13. The van der Waals surface area contributed by atoms with Gasteiger partial charge in [-0.15, -0.1) is 11.3 Å². The van der Waals surface area contributed by atoms with Gasteiger partial charge in [0.15, 0.2) is 5.78 Å². The highest BCUT2D eigenvalue weighted by Crippen LogP contribution is 2.27. The molecule has 1 atom stereocenters. The topological polar surface area (TPSA) is 49.4 Å². The number of likely N-dealkylation sites (tertiary alicyclic amines) is 1. The average Bonchev–Trinajstić information content (AvgIpc) is 3.16. The zero-order valence-corrected chi connectivity index (χ0v) is 19.9. The maximum Gasteiger partial charge on any atom is 0.261 e. The molecule has 0 aliphatic carbocycles. The Hall–Kier alpha value is -1.40. The first-order chi connectivity index (χ1) is 14.2. The maximum absolute atomic E-state index is 12.8. The third-order valence-electron chi connectivity index (χ3n) is 5.70. The van der Waals surface area contributed by atoms with Gasteiger partial charge < -0.3 is 10.2 Å². The van der Waals surface area contributed by atoms with Crippen molar-refractivity contribution in [1.29, 1.82) is 0 Å². The number of nitrogens with zero attached hydrogens (tertiary/aromatic N) is 1. The molecule has 2 heterocycles. The zero-order valence-electron chi connectivity index (χ0n) is 17.6. The number of ketones is 1. The molecule has 0 radical (unpaired) electrons. The van der Waals surface area contributed by atoms with Gasteiger partial charge in [0.2, 0.25) is 0 Å². The van der Waals surface area contributed by atoms with Crippen molar-refractivity contribution < 1.29 is 9.59 Å². The minimum absolute atomic E-state index is 0.000299. The number of thiophene rings is 1. The molecule has 7 heteroatoms.